The van der Waals surface area contributed by atoms with Crippen LogP contribution in [-0.4, -0.2) is 16.5 Å². The Labute approximate surface area is 99.5 Å². The van der Waals surface area contributed by atoms with Crippen LogP contribution in [0.25, 0.3) is 0 Å². The highest BCUT2D eigenvalue weighted by Gasteiger charge is 1.99. The Balaban J connectivity index is 2.05. The third kappa shape index (κ3) is 3.15. The minimum absolute atomic E-state index is 0.232. The second kappa shape index (κ2) is 5.27. The molecule has 1 aromatic carbocycles. The molecule has 0 bridgehead atoms. The summed E-state index contributed by atoms with van der Waals surface area (Å²) in [6, 6.07) is 7.75. The Hall–Kier alpha value is -2.14. The summed E-state index contributed by atoms with van der Waals surface area (Å²) in [5.74, 6) is 1.53. The van der Waals surface area contributed by atoms with Crippen molar-refractivity contribution in [2.75, 3.05) is 12.3 Å². The molecular weight excluding hydrogens is 216 g/mol. The highest BCUT2D eigenvalue weighted by atomic mass is 16.5. The van der Waals surface area contributed by atoms with E-state index in [1.165, 1.54) is 18.0 Å². The predicted octanol–water partition coefficient (Wildman–Crippen LogP) is 1.35. The quantitative estimate of drug-likeness (QED) is 0.827. The molecular formula is C12H14N4O. The van der Waals surface area contributed by atoms with E-state index >= 15 is 0 Å². The monoisotopic (exact) mass is 230 g/mol. The van der Waals surface area contributed by atoms with Gasteiger partial charge in [0.25, 0.3) is 0 Å². The summed E-state index contributed by atoms with van der Waals surface area (Å²) < 4.78 is 5.55. The van der Waals surface area contributed by atoms with Gasteiger partial charge in [-0.15, -0.1) is 0 Å². The third-order valence-electron chi connectivity index (χ3n) is 2.24. The van der Waals surface area contributed by atoms with E-state index in [1.807, 2.05) is 24.3 Å². The Morgan fingerprint density at radius 2 is 1.65 bits per heavy atom. The molecule has 4 N–H and O–H groups in total. The summed E-state index contributed by atoms with van der Waals surface area (Å²) in [6.07, 6.45) is 3.94. The van der Waals surface area contributed by atoms with Crippen molar-refractivity contribution in [2.45, 2.75) is 6.42 Å². The number of nitrogen functional groups attached to an aromatic ring is 1. The van der Waals surface area contributed by atoms with Gasteiger partial charge in [0, 0.05) is 0 Å². The van der Waals surface area contributed by atoms with Gasteiger partial charge in [-0.25, -0.2) is 9.97 Å². The fraction of sp³-hybridized carbons (Fsp3) is 0.167. The average molecular weight is 230 g/mol. The average Bonchev–Trinajstić information content (AvgIpc) is 2.35. The van der Waals surface area contributed by atoms with Crippen molar-refractivity contribution in [3.63, 3.8) is 0 Å². The minimum atomic E-state index is 0.232. The first-order valence-corrected chi connectivity index (χ1v) is 5.32. The van der Waals surface area contributed by atoms with Gasteiger partial charge in [-0.05, 0) is 30.7 Å². The summed E-state index contributed by atoms with van der Waals surface area (Å²) in [4.78, 5) is 7.69. The van der Waals surface area contributed by atoms with E-state index < -0.39 is 0 Å². The van der Waals surface area contributed by atoms with Crippen LogP contribution in [0.1, 0.15) is 5.56 Å². The zero-order chi connectivity index (χ0) is 12.1. The second-order valence-corrected chi connectivity index (χ2v) is 3.56. The lowest BCUT2D eigenvalue weighted by atomic mass is 10.1. The van der Waals surface area contributed by atoms with Gasteiger partial charge < -0.3 is 16.2 Å². The van der Waals surface area contributed by atoms with Crippen molar-refractivity contribution >= 4 is 5.95 Å². The van der Waals surface area contributed by atoms with E-state index in [2.05, 4.69) is 9.97 Å². The molecule has 88 valence electrons. The first-order valence-electron chi connectivity index (χ1n) is 5.32. The van der Waals surface area contributed by atoms with E-state index in [4.69, 9.17) is 16.2 Å². The van der Waals surface area contributed by atoms with Crippen LogP contribution in [0.5, 0.6) is 11.5 Å². The molecule has 0 atom stereocenters. The number of nitrogens with zero attached hydrogens (tertiary/aromatic N) is 2. The maximum Gasteiger partial charge on any atom is 0.220 e. The van der Waals surface area contributed by atoms with Crippen LogP contribution >= 0.6 is 0 Å². The Morgan fingerprint density at radius 3 is 2.24 bits per heavy atom. The van der Waals surface area contributed by atoms with Crippen molar-refractivity contribution in [2.24, 2.45) is 5.73 Å². The van der Waals surface area contributed by atoms with Crippen molar-refractivity contribution in [3.05, 3.63) is 42.2 Å². The number of nitrogens with two attached hydrogens (primary N) is 2. The van der Waals surface area contributed by atoms with Gasteiger partial charge in [0.05, 0.1) is 12.4 Å². The van der Waals surface area contributed by atoms with Crippen LogP contribution in [0.3, 0.4) is 0 Å². The zero-order valence-corrected chi connectivity index (χ0v) is 9.34. The molecule has 0 unspecified atom stereocenters. The van der Waals surface area contributed by atoms with E-state index in [1.54, 1.807) is 0 Å². The lowest BCUT2D eigenvalue weighted by Gasteiger charge is -2.05. The van der Waals surface area contributed by atoms with E-state index in [-0.39, 0.29) is 5.95 Å². The van der Waals surface area contributed by atoms with Gasteiger partial charge >= 0.3 is 0 Å². The lowest BCUT2D eigenvalue weighted by molar-refractivity contribution is 0.477. The second-order valence-electron chi connectivity index (χ2n) is 3.56. The number of hydrogen-bond acceptors (Lipinski definition) is 5. The van der Waals surface area contributed by atoms with Crippen molar-refractivity contribution in [1.29, 1.82) is 0 Å². The van der Waals surface area contributed by atoms with Gasteiger partial charge in [-0.3, -0.25) is 0 Å². The van der Waals surface area contributed by atoms with Crippen LogP contribution in [-0.2, 0) is 6.42 Å². The maximum absolute atomic E-state index is 5.55. The SMILES string of the molecule is NCCc1ccc(Oc2cnc(N)nc2)cc1. The Morgan fingerprint density at radius 1 is 1.00 bits per heavy atom. The van der Waals surface area contributed by atoms with E-state index in [9.17, 15) is 0 Å². The normalized spacial score (nSPS) is 10.2. The molecule has 0 aliphatic rings. The minimum Gasteiger partial charge on any atom is -0.454 e. The zero-order valence-electron chi connectivity index (χ0n) is 9.34. The molecule has 0 aliphatic heterocycles. The number of anilines is 1. The molecule has 17 heavy (non-hydrogen) atoms. The van der Waals surface area contributed by atoms with Crippen LogP contribution in [0.4, 0.5) is 5.95 Å². The molecule has 1 aromatic heterocycles. The van der Waals surface area contributed by atoms with Gasteiger partial charge in [0.15, 0.2) is 5.75 Å². The van der Waals surface area contributed by atoms with Crippen molar-refractivity contribution in [1.82, 2.24) is 9.97 Å². The van der Waals surface area contributed by atoms with Crippen molar-refractivity contribution in [3.8, 4) is 11.5 Å². The van der Waals surface area contributed by atoms with Crippen molar-refractivity contribution < 1.29 is 4.74 Å². The summed E-state index contributed by atoms with van der Waals surface area (Å²) in [5.41, 5.74) is 12.0. The summed E-state index contributed by atoms with van der Waals surface area (Å²) in [5, 5.41) is 0. The number of ether oxygens (including phenoxy) is 1. The van der Waals surface area contributed by atoms with Crippen LogP contribution in [0.15, 0.2) is 36.7 Å². The van der Waals surface area contributed by atoms with Gasteiger partial charge in [-0.1, -0.05) is 12.1 Å². The molecule has 5 nitrogen and oxygen atoms in total. The molecule has 0 fully saturated rings. The molecule has 2 aromatic rings. The van der Waals surface area contributed by atoms with Crippen LogP contribution in [0.2, 0.25) is 0 Å². The highest BCUT2D eigenvalue weighted by Crippen LogP contribution is 2.20. The maximum atomic E-state index is 5.55. The third-order valence-corrected chi connectivity index (χ3v) is 2.24. The largest absolute Gasteiger partial charge is 0.454 e. The fourth-order valence-corrected chi connectivity index (χ4v) is 1.41. The first-order chi connectivity index (χ1) is 8.28. The lowest BCUT2D eigenvalue weighted by Crippen LogP contribution is -2.02. The Bertz CT molecular complexity index is 467. The molecule has 0 aliphatic carbocycles. The number of rotatable bonds is 4. The number of aromatic nitrogens is 2. The molecule has 0 radical (unpaired) electrons. The molecule has 2 rings (SSSR count). The summed E-state index contributed by atoms with van der Waals surface area (Å²) in [6.45, 7) is 0.645. The molecule has 5 heteroatoms. The van der Waals surface area contributed by atoms with E-state index in [0.29, 0.717) is 12.3 Å². The Kier molecular flexibility index (Phi) is 3.52. The van der Waals surface area contributed by atoms with Gasteiger partial charge in [0.2, 0.25) is 5.95 Å². The molecule has 0 spiro atoms. The van der Waals surface area contributed by atoms with Crippen LogP contribution < -0.4 is 16.2 Å². The fourth-order valence-electron chi connectivity index (χ4n) is 1.41. The highest BCUT2D eigenvalue weighted by molar-refractivity contribution is 5.32. The molecule has 0 saturated carbocycles. The van der Waals surface area contributed by atoms with Crippen LogP contribution in [0, 0.1) is 0 Å². The smallest absolute Gasteiger partial charge is 0.220 e. The molecule has 1 heterocycles. The molecule has 0 saturated heterocycles. The van der Waals surface area contributed by atoms with Gasteiger partial charge in [-0.2, -0.15) is 0 Å². The summed E-state index contributed by atoms with van der Waals surface area (Å²) >= 11 is 0. The summed E-state index contributed by atoms with van der Waals surface area (Å²) in [7, 11) is 0. The number of benzene rings is 1. The standard InChI is InChI=1S/C12H14N4O/c13-6-5-9-1-3-10(4-2-9)17-11-7-15-12(14)16-8-11/h1-4,7-8H,5-6,13H2,(H2,14,15,16). The van der Waals surface area contributed by atoms with E-state index in [0.717, 1.165) is 12.2 Å². The topological polar surface area (TPSA) is 87.0 Å². The predicted molar refractivity (Wildman–Crippen MR) is 65.7 cm³/mol. The van der Waals surface area contributed by atoms with Gasteiger partial charge in [0.1, 0.15) is 5.75 Å². The first kappa shape index (κ1) is 11.3. The molecule has 0 amide bonds. The number of hydrogen-bond donors (Lipinski definition) is 2.